The summed E-state index contributed by atoms with van der Waals surface area (Å²) < 4.78 is 5.87. The van der Waals surface area contributed by atoms with Crippen LogP contribution in [0.2, 0.25) is 0 Å². The molecular weight excluding hydrogens is 222 g/mol. The van der Waals surface area contributed by atoms with E-state index in [2.05, 4.69) is 38.2 Å². The van der Waals surface area contributed by atoms with E-state index >= 15 is 0 Å². The smallest absolute Gasteiger partial charge is 0.134 e. The van der Waals surface area contributed by atoms with Gasteiger partial charge in [-0.1, -0.05) is 38.0 Å². The summed E-state index contributed by atoms with van der Waals surface area (Å²) in [6.07, 6.45) is 3.76. The summed E-state index contributed by atoms with van der Waals surface area (Å²) in [5.41, 5.74) is 0.974. The number of benzene rings is 1. The van der Waals surface area contributed by atoms with Gasteiger partial charge in [0.2, 0.25) is 0 Å². The number of nitrogens with one attached hydrogen (secondary N) is 1. The van der Waals surface area contributed by atoms with Crippen LogP contribution in [0.5, 0.6) is 0 Å². The maximum Gasteiger partial charge on any atom is 0.134 e. The molecule has 1 aromatic carbocycles. The van der Waals surface area contributed by atoms with Crippen molar-refractivity contribution >= 4 is 11.0 Å². The molecule has 18 heavy (non-hydrogen) atoms. The molecular formula is C16H23NO. The average Bonchev–Trinajstić information content (AvgIpc) is 2.80. The van der Waals surface area contributed by atoms with E-state index in [-0.39, 0.29) is 6.04 Å². The first kappa shape index (κ1) is 13.2. The van der Waals surface area contributed by atoms with Gasteiger partial charge in [0.15, 0.2) is 0 Å². The maximum absolute atomic E-state index is 5.87. The second-order valence-corrected chi connectivity index (χ2v) is 5.12. The van der Waals surface area contributed by atoms with Crippen LogP contribution >= 0.6 is 0 Å². The summed E-state index contributed by atoms with van der Waals surface area (Å²) in [6, 6.07) is 11.1. The highest BCUT2D eigenvalue weighted by Gasteiger charge is 2.13. The monoisotopic (exact) mass is 245 g/mol. The lowest BCUT2D eigenvalue weighted by Crippen LogP contribution is -2.28. The van der Waals surface area contributed by atoms with Gasteiger partial charge >= 0.3 is 0 Å². The van der Waals surface area contributed by atoms with E-state index in [4.69, 9.17) is 4.42 Å². The van der Waals surface area contributed by atoms with Gasteiger partial charge in [0.25, 0.3) is 0 Å². The third kappa shape index (κ3) is 3.14. The summed E-state index contributed by atoms with van der Waals surface area (Å²) in [5.74, 6) is 1.03. The van der Waals surface area contributed by atoms with E-state index in [1.54, 1.807) is 0 Å². The van der Waals surface area contributed by atoms with Crippen molar-refractivity contribution in [1.82, 2.24) is 5.32 Å². The molecule has 0 amide bonds. The van der Waals surface area contributed by atoms with Gasteiger partial charge < -0.3 is 9.73 Å². The molecule has 0 radical (unpaired) electrons. The molecule has 0 bridgehead atoms. The first-order valence-electron chi connectivity index (χ1n) is 6.95. The highest BCUT2D eigenvalue weighted by molar-refractivity contribution is 5.77. The highest BCUT2D eigenvalue weighted by atomic mass is 16.3. The minimum atomic E-state index is 0.268. The van der Waals surface area contributed by atoms with Crippen molar-refractivity contribution in [2.45, 2.75) is 52.1 Å². The Balaban J connectivity index is 2.01. The second kappa shape index (κ2) is 6.05. The number of furan rings is 1. The van der Waals surface area contributed by atoms with E-state index in [9.17, 15) is 0 Å². The van der Waals surface area contributed by atoms with Crippen LogP contribution in [-0.4, -0.2) is 6.04 Å². The van der Waals surface area contributed by atoms with Crippen LogP contribution in [0.3, 0.4) is 0 Å². The lowest BCUT2D eigenvalue weighted by atomic mass is 10.1. The first-order chi connectivity index (χ1) is 8.70. The molecule has 2 rings (SSSR count). The number of rotatable bonds is 6. The van der Waals surface area contributed by atoms with Crippen LogP contribution in [0, 0.1) is 0 Å². The molecule has 0 saturated heterocycles. The van der Waals surface area contributed by atoms with Gasteiger partial charge in [0.05, 0.1) is 6.04 Å². The van der Waals surface area contributed by atoms with E-state index in [0.29, 0.717) is 6.04 Å². The molecule has 0 aliphatic carbocycles. The van der Waals surface area contributed by atoms with Crippen molar-refractivity contribution in [3.63, 3.8) is 0 Å². The molecule has 0 aliphatic heterocycles. The van der Waals surface area contributed by atoms with Crippen molar-refractivity contribution in [2.24, 2.45) is 0 Å². The molecule has 2 nitrogen and oxygen atoms in total. The maximum atomic E-state index is 5.87. The third-order valence-electron chi connectivity index (χ3n) is 3.40. The summed E-state index contributed by atoms with van der Waals surface area (Å²) in [4.78, 5) is 0. The van der Waals surface area contributed by atoms with Gasteiger partial charge in [-0.2, -0.15) is 0 Å². The van der Waals surface area contributed by atoms with Crippen molar-refractivity contribution in [3.8, 4) is 0 Å². The van der Waals surface area contributed by atoms with Gasteiger partial charge in [0, 0.05) is 11.4 Å². The summed E-state index contributed by atoms with van der Waals surface area (Å²) in [5, 5.41) is 4.78. The molecule has 2 unspecified atom stereocenters. The zero-order chi connectivity index (χ0) is 13.0. The minimum absolute atomic E-state index is 0.268. The zero-order valence-electron chi connectivity index (χ0n) is 11.6. The van der Waals surface area contributed by atoms with Crippen molar-refractivity contribution in [1.29, 1.82) is 0 Å². The number of unbranched alkanes of at least 4 members (excludes halogenated alkanes) is 1. The lowest BCUT2D eigenvalue weighted by molar-refractivity contribution is 0.394. The number of para-hydroxylation sites is 1. The van der Waals surface area contributed by atoms with Gasteiger partial charge in [-0.3, -0.25) is 0 Å². The molecule has 1 N–H and O–H groups in total. The Bertz CT molecular complexity index is 456. The standard InChI is InChI=1S/C16H23NO/c1-4-5-8-12(2)17-13(3)16-11-14-9-6-7-10-15(14)18-16/h6-7,9-13,17H,4-5,8H2,1-3H3. The molecule has 2 atom stereocenters. The number of hydrogen-bond acceptors (Lipinski definition) is 2. The molecule has 1 heterocycles. The molecule has 0 saturated carbocycles. The molecule has 1 aromatic heterocycles. The van der Waals surface area contributed by atoms with Gasteiger partial charge in [0.1, 0.15) is 11.3 Å². The summed E-state index contributed by atoms with van der Waals surface area (Å²) in [7, 11) is 0. The van der Waals surface area contributed by atoms with Gasteiger partial charge in [-0.25, -0.2) is 0 Å². The molecule has 0 aliphatic rings. The fourth-order valence-corrected chi connectivity index (χ4v) is 2.32. The highest BCUT2D eigenvalue weighted by Crippen LogP contribution is 2.24. The van der Waals surface area contributed by atoms with Crippen molar-refractivity contribution in [2.75, 3.05) is 0 Å². The van der Waals surface area contributed by atoms with Crippen LogP contribution in [-0.2, 0) is 0 Å². The molecule has 98 valence electrons. The largest absolute Gasteiger partial charge is 0.459 e. The van der Waals surface area contributed by atoms with Gasteiger partial charge in [-0.05, 0) is 32.4 Å². The minimum Gasteiger partial charge on any atom is -0.459 e. The quantitative estimate of drug-likeness (QED) is 0.800. The number of hydrogen-bond donors (Lipinski definition) is 1. The Kier molecular flexibility index (Phi) is 4.43. The molecule has 2 aromatic rings. The van der Waals surface area contributed by atoms with E-state index in [0.717, 1.165) is 11.3 Å². The SMILES string of the molecule is CCCCC(C)NC(C)c1cc2ccccc2o1. The fourth-order valence-electron chi connectivity index (χ4n) is 2.32. The molecule has 0 spiro atoms. The summed E-state index contributed by atoms with van der Waals surface area (Å²) in [6.45, 7) is 6.64. The predicted molar refractivity (Wildman–Crippen MR) is 76.8 cm³/mol. The summed E-state index contributed by atoms with van der Waals surface area (Å²) >= 11 is 0. The molecule has 2 heteroatoms. The molecule has 0 fully saturated rings. The van der Waals surface area contributed by atoms with E-state index < -0.39 is 0 Å². The Labute approximate surface area is 109 Å². The fraction of sp³-hybridized carbons (Fsp3) is 0.500. The van der Waals surface area contributed by atoms with Crippen LogP contribution in [0.15, 0.2) is 34.7 Å². The Morgan fingerprint density at radius 1 is 1.22 bits per heavy atom. The van der Waals surface area contributed by atoms with E-state index in [1.807, 2.05) is 18.2 Å². The number of fused-ring (bicyclic) bond motifs is 1. The van der Waals surface area contributed by atoms with Crippen molar-refractivity contribution in [3.05, 3.63) is 36.1 Å². The lowest BCUT2D eigenvalue weighted by Gasteiger charge is -2.18. The van der Waals surface area contributed by atoms with Crippen LogP contribution < -0.4 is 5.32 Å². The Morgan fingerprint density at radius 2 is 2.00 bits per heavy atom. The Hall–Kier alpha value is -1.28. The van der Waals surface area contributed by atoms with Crippen molar-refractivity contribution < 1.29 is 4.42 Å². The zero-order valence-corrected chi connectivity index (χ0v) is 11.6. The van der Waals surface area contributed by atoms with E-state index in [1.165, 1.54) is 24.6 Å². The second-order valence-electron chi connectivity index (χ2n) is 5.12. The first-order valence-corrected chi connectivity index (χ1v) is 6.95. The van der Waals surface area contributed by atoms with Crippen LogP contribution in [0.1, 0.15) is 51.8 Å². The normalized spacial score (nSPS) is 14.8. The van der Waals surface area contributed by atoms with Crippen LogP contribution in [0.4, 0.5) is 0 Å². The van der Waals surface area contributed by atoms with Gasteiger partial charge in [-0.15, -0.1) is 0 Å². The Morgan fingerprint density at radius 3 is 2.72 bits per heavy atom. The predicted octanol–water partition coefficient (Wildman–Crippen LogP) is 4.66. The average molecular weight is 245 g/mol. The third-order valence-corrected chi connectivity index (χ3v) is 3.40. The van der Waals surface area contributed by atoms with Crippen LogP contribution in [0.25, 0.3) is 11.0 Å². The topological polar surface area (TPSA) is 25.2 Å².